The van der Waals surface area contributed by atoms with E-state index in [-0.39, 0.29) is 17.3 Å². The van der Waals surface area contributed by atoms with Gasteiger partial charge >= 0.3 is 0 Å². The van der Waals surface area contributed by atoms with Crippen molar-refractivity contribution in [3.05, 3.63) is 78.1 Å². The monoisotopic (exact) mass is 436 g/mol. The van der Waals surface area contributed by atoms with Crippen LogP contribution in [0.15, 0.2) is 71.9 Å². The fourth-order valence-electron chi connectivity index (χ4n) is 3.54. The average molecular weight is 437 g/mol. The quantitative estimate of drug-likeness (QED) is 0.640. The van der Waals surface area contributed by atoms with E-state index in [1.165, 1.54) is 12.4 Å². The Balaban J connectivity index is 1.41. The lowest BCUT2D eigenvalue weighted by Gasteiger charge is -2.26. The van der Waals surface area contributed by atoms with Gasteiger partial charge in [0.1, 0.15) is 0 Å². The van der Waals surface area contributed by atoms with E-state index in [4.69, 9.17) is 0 Å². The lowest BCUT2D eigenvalue weighted by atomic mass is 10.2. The molecule has 160 valence electrons. The van der Waals surface area contributed by atoms with Crippen LogP contribution >= 0.6 is 0 Å². The maximum atomic E-state index is 12.9. The summed E-state index contributed by atoms with van der Waals surface area (Å²) in [5.74, 6) is 0.233. The summed E-state index contributed by atoms with van der Waals surface area (Å²) in [6, 6.07) is 16.3. The van der Waals surface area contributed by atoms with Gasteiger partial charge in [-0.2, -0.15) is 4.31 Å². The van der Waals surface area contributed by atoms with Crippen LogP contribution in [0, 0.1) is 0 Å². The van der Waals surface area contributed by atoms with E-state index in [0.29, 0.717) is 30.0 Å². The number of rotatable bonds is 6. The van der Waals surface area contributed by atoms with Crippen LogP contribution in [0.2, 0.25) is 0 Å². The van der Waals surface area contributed by atoms with E-state index < -0.39 is 10.0 Å². The smallest absolute Gasteiger partial charge is 0.254 e. The second-order valence-corrected chi connectivity index (χ2v) is 9.39. The zero-order valence-corrected chi connectivity index (χ0v) is 17.9. The molecule has 1 fully saturated rings. The molecule has 2 aromatic carbocycles. The zero-order valence-electron chi connectivity index (χ0n) is 17.1. The number of benzene rings is 2. The summed E-state index contributed by atoms with van der Waals surface area (Å²) in [4.78, 5) is 21.3. The molecule has 0 bridgehead atoms. The summed E-state index contributed by atoms with van der Waals surface area (Å²) in [7, 11) is -3.51. The van der Waals surface area contributed by atoms with Crippen LogP contribution in [-0.4, -0.2) is 41.7 Å². The first kappa shape index (κ1) is 21.1. The van der Waals surface area contributed by atoms with Gasteiger partial charge in [0.05, 0.1) is 10.5 Å². The molecule has 0 atom stereocenters. The highest BCUT2D eigenvalue weighted by Gasteiger charge is 2.25. The number of hydrogen-bond donors (Lipinski definition) is 1. The van der Waals surface area contributed by atoms with Crippen molar-refractivity contribution in [1.29, 1.82) is 0 Å². The molecule has 3 aromatic rings. The number of nitrogens with one attached hydrogen (secondary N) is 1. The first-order valence-corrected chi connectivity index (χ1v) is 11.7. The summed E-state index contributed by atoms with van der Waals surface area (Å²) >= 11 is 0. The molecule has 1 N–H and O–H groups in total. The van der Waals surface area contributed by atoms with Crippen molar-refractivity contribution in [1.82, 2.24) is 19.6 Å². The standard InChI is InChI=1S/C23H24N4O3S/c28-23(20-16-24-22(25-17-20)19-9-3-1-4-10-19)26-15-18-8-7-11-21(14-18)31(29,30)27-12-5-2-6-13-27/h1,3-4,7-11,14,16-17H,2,5-6,12-13,15H2,(H,26,28). The van der Waals surface area contributed by atoms with Crippen LogP contribution in [0.3, 0.4) is 0 Å². The van der Waals surface area contributed by atoms with Gasteiger partial charge in [0.25, 0.3) is 5.91 Å². The molecule has 0 unspecified atom stereocenters. The molecule has 1 aromatic heterocycles. The Hall–Kier alpha value is -3.10. The molecule has 2 heterocycles. The summed E-state index contributed by atoms with van der Waals surface area (Å²) in [5, 5.41) is 2.81. The van der Waals surface area contributed by atoms with Gasteiger partial charge < -0.3 is 5.32 Å². The molecule has 0 radical (unpaired) electrons. The van der Waals surface area contributed by atoms with E-state index in [2.05, 4.69) is 15.3 Å². The van der Waals surface area contributed by atoms with Gasteiger partial charge in [0.2, 0.25) is 10.0 Å². The minimum atomic E-state index is -3.51. The largest absolute Gasteiger partial charge is 0.348 e. The van der Waals surface area contributed by atoms with Crippen LogP contribution < -0.4 is 5.32 Å². The van der Waals surface area contributed by atoms with Crippen LogP contribution in [-0.2, 0) is 16.6 Å². The first-order chi connectivity index (χ1) is 15.0. The number of hydrogen-bond acceptors (Lipinski definition) is 5. The Bertz CT molecular complexity index is 1140. The van der Waals surface area contributed by atoms with Crippen molar-refractivity contribution in [2.24, 2.45) is 0 Å². The minimum Gasteiger partial charge on any atom is -0.348 e. The van der Waals surface area contributed by atoms with Gasteiger partial charge in [-0.05, 0) is 30.5 Å². The van der Waals surface area contributed by atoms with Crippen molar-refractivity contribution in [3.8, 4) is 11.4 Å². The average Bonchev–Trinajstić information content (AvgIpc) is 2.84. The van der Waals surface area contributed by atoms with E-state index in [9.17, 15) is 13.2 Å². The molecular formula is C23H24N4O3S. The van der Waals surface area contributed by atoms with Gasteiger partial charge in [-0.25, -0.2) is 18.4 Å². The molecule has 4 rings (SSSR count). The van der Waals surface area contributed by atoms with Gasteiger partial charge in [-0.15, -0.1) is 0 Å². The molecular weight excluding hydrogens is 412 g/mol. The summed E-state index contributed by atoms with van der Waals surface area (Å²) in [6.45, 7) is 1.33. The lowest BCUT2D eigenvalue weighted by molar-refractivity contribution is 0.0950. The molecule has 1 aliphatic rings. The Labute approximate surface area is 182 Å². The fraction of sp³-hybridized carbons (Fsp3) is 0.261. The van der Waals surface area contributed by atoms with Crippen LogP contribution in [0.5, 0.6) is 0 Å². The van der Waals surface area contributed by atoms with Crippen molar-refractivity contribution >= 4 is 15.9 Å². The predicted molar refractivity (Wildman–Crippen MR) is 118 cm³/mol. The van der Waals surface area contributed by atoms with Gasteiger partial charge in [0.15, 0.2) is 5.82 Å². The number of piperidine rings is 1. The second kappa shape index (κ2) is 9.36. The first-order valence-electron chi connectivity index (χ1n) is 10.3. The molecule has 1 amide bonds. The summed E-state index contributed by atoms with van der Waals surface area (Å²) < 4.78 is 27.3. The topological polar surface area (TPSA) is 92.3 Å². The maximum Gasteiger partial charge on any atom is 0.254 e. The molecule has 7 nitrogen and oxygen atoms in total. The number of nitrogens with zero attached hydrogens (tertiary/aromatic N) is 3. The van der Waals surface area contributed by atoms with Crippen molar-refractivity contribution in [2.45, 2.75) is 30.7 Å². The highest BCUT2D eigenvalue weighted by atomic mass is 32.2. The molecule has 1 aliphatic heterocycles. The Morgan fingerprint density at radius 1 is 0.935 bits per heavy atom. The van der Waals surface area contributed by atoms with E-state index >= 15 is 0 Å². The van der Waals surface area contributed by atoms with Crippen LogP contribution in [0.1, 0.15) is 35.2 Å². The summed E-state index contributed by atoms with van der Waals surface area (Å²) in [5.41, 5.74) is 1.94. The van der Waals surface area contributed by atoms with Gasteiger partial charge in [-0.1, -0.05) is 48.9 Å². The molecule has 0 aliphatic carbocycles. The van der Waals surface area contributed by atoms with E-state index in [1.807, 2.05) is 30.3 Å². The van der Waals surface area contributed by atoms with E-state index in [1.54, 1.807) is 28.6 Å². The number of aromatic nitrogens is 2. The van der Waals surface area contributed by atoms with Crippen molar-refractivity contribution in [3.63, 3.8) is 0 Å². The van der Waals surface area contributed by atoms with Crippen LogP contribution in [0.4, 0.5) is 0 Å². The van der Waals surface area contributed by atoms with Crippen molar-refractivity contribution in [2.75, 3.05) is 13.1 Å². The highest BCUT2D eigenvalue weighted by molar-refractivity contribution is 7.89. The number of sulfonamides is 1. The third-order valence-electron chi connectivity index (χ3n) is 5.25. The van der Waals surface area contributed by atoms with Gasteiger partial charge in [-0.3, -0.25) is 4.79 Å². The Kier molecular flexibility index (Phi) is 6.39. The van der Waals surface area contributed by atoms with Crippen molar-refractivity contribution < 1.29 is 13.2 Å². The number of carbonyl (C=O) groups is 1. The molecule has 0 spiro atoms. The Morgan fingerprint density at radius 2 is 1.65 bits per heavy atom. The molecule has 1 saturated heterocycles. The molecule has 8 heteroatoms. The molecule has 31 heavy (non-hydrogen) atoms. The normalized spacial score (nSPS) is 14.8. The zero-order chi connectivity index (χ0) is 21.7. The highest BCUT2D eigenvalue weighted by Crippen LogP contribution is 2.21. The number of carbonyl (C=O) groups excluding carboxylic acids is 1. The van der Waals surface area contributed by atoms with E-state index in [0.717, 1.165) is 24.8 Å². The van der Waals surface area contributed by atoms with Crippen LogP contribution in [0.25, 0.3) is 11.4 Å². The third kappa shape index (κ3) is 4.98. The molecule has 0 saturated carbocycles. The number of amides is 1. The lowest BCUT2D eigenvalue weighted by Crippen LogP contribution is -2.35. The minimum absolute atomic E-state index is 0.211. The fourth-order valence-corrected chi connectivity index (χ4v) is 5.12. The summed E-state index contributed by atoms with van der Waals surface area (Å²) in [6.07, 6.45) is 5.82. The predicted octanol–water partition coefficient (Wildman–Crippen LogP) is 3.25. The maximum absolute atomic E-state index is 12.9. The second-order valence-electron chi connectivity index (χ2n) is 7.46. The van der Waals surface area contributed by atoms with Gasteiger partial charge in [0, 0.05) is 37.6 Å². The Morgan fingerprint density at radius 3 is 2.35 bits per heavy atom. The third-order valence-corrected chi connectivity index (χ3v) is 7.14. The SMILES string of the molecule is O=C(NCc1cccc(S(=O)(=O)N2CCCCC2)c1)c1cnc(-c2ccccc2)nc1.